The fourth-order valence-electron chi connectivity index (χ4n) is 3.36. The molecule has 1 fully saturated rings. The van der Waals surface area contributed by atoms with Crippen LogP contribution in [0.15, 0.2) is 54.1 Å². The predicted octanol–water partition coefficient (Wildman–Crippen LogP) is 2.68. The van der Waals surface area contributed by atoms with Crippen molar-refractivity contribution >= 4 is 34.7 Å². The van der Waals surface area contributed by atoms with Crippen LogP contribution in [0.5, 0.6) is 0 Å². The van der Waals surface area contributed by atoms with Gasteiger partial charge in [0.25, 0.3) is 17.4 Å². The van der Waals surface area contributed by atoms with Gasteiger partial charge in [0.15, 0.2) is 0 Å². The molecule has 0 bridgehead atoms. The summed E-state index contributed by atoms with van der Waals surface area (Å²) >= 11 is 6.33. The Morgan fingerprint density at radius 2 is 1.81 bits per heavy atom. The van der Waals surface area contributed by atoms with E-state index in [9.17, 15) is 24.8 Å². The number of halogens is 1. The van der Waals surface area contributed by atoms with Gasteiger partial charge in [-0.15, -0.1) is 0 Å². The maximum atomic E-state index is 12.8. The summed E-state index contributed by atoms with van der Waals surface area (Å²) in [6.07, 6.45) is 0. The fourth-order valence-corrected chi connectivity index (χ4v) is 3.60. The van der Waals surface area contributed by atoms with Crippen molar-refractivity contribution in [3.63, 3.8) is 0 Å². The van der Waals surface area contributed by atoms with Crippen LogP contribution in [0.1, 0.15) is 17.2 Å². The Hall–Kier alpha value is -3.27. The molecule has 0 unspecified atom stereocenters. The van der Waals surface area contributed by atoms with Gasteiger partial charge in [-0.25, -0.2) is 0 Å². The first-order valence-electron chi connectivity index (χ1n) is 9.33. The number of non-ortho nitro benzene ring substituents is 1. The van der Waals surface area contributed by atoms with Gasteiger partial charge in [-0.2, -0.15) is 0 Å². The molecule has 162 valence electrons. The van der Waals surface area contributed by atoms with E-state index in [1.165, 1.54) is 29.2 Å². The van der Waals surface area contributed by atoms with Gasteiger partial charge in [-0.3, -0.25) is 19.7 Å². The molecular weight excluding hydrogens is 428 g/mol. The van der Waals surface area contributed by atoms with E-state index in [0.717, 1.165) is 0 Å². The second kappa shape index (κ2) is 9.69. The van der Waals surface area contributed by atoms with Gasteiger partial charge in [0, 0.05) is 29.3 Å². The Labute approximate surface area is 182 Å². The van der Waals surface area contributed by atoms with Gasteiger partial charge >= 0.3 is 0 Å². The molecule has 1 atom stereocenters. The van der Waals surface area contributed by atoms with Crippen molar-refractivity contribution < 1.29 is 29.5 Å². The van der Waals surface area contributed by atoms with Gasteiger partial charge in [0.1, 0.15) is 5.76 Å². The molecule has 0 saturated carbocycles. The van der Waals surface area contributed by atoms with E-state index in [0.29, 0.717) is 10.6 Å². The first-order valence-corrected chi connectivity index (χ1v) is 9.71. The molecule has 1 amide bonds. The van der Waals surface area contributed by atoms with Gasteiger partial charge in [0.05, 0.1) is 36.4 Å². The summed E-state index contributed by atoms with van der Waals surface area (Å²) in [4.78, 5) is 37.1. The molecule has 0 radical (unpaired) electrons. The molecule has 10 heteroatoms. The van der Waals surface area contributed by atoms with E-state index >= 15 is 0 Å². The molecular formula is C21H19ClN2O7. The summed E-state index contributed by atoms with van der Waals surface area (Å²) in [5.74, 6) is -2.19. The zero-order valence-corrected chi connectivity index (χ0v) is 17.0. The number of carbonyl (C=O) groups is 2. The molecule has 1 heterocycles. The third-order valence-electron chi connectivity index (χ3n) is 4.80. The number of hydrogen-bond acceptors (Lipinski definition) is 7. The Balaban J connectivity index is 2.08. The summed E-state index contributed by atoms with van der Waals surface area (Å²) in [6, 6.07) is 10.6. The maximum absolute atomic E-state index is 12.8. The number of nitro groups is 1. The number of likely N-dealkylation sites (tertiary alicyclic amines) is 1. The van der Waals surface area contributed by atoms with Crippen molar-refractivity contribution in [2.45, 2.75) is 6.04 Å². The van der Waals surface area contributed by atoms with Crippen LogP contribution in [0.2, 0.25) is 5.02 Å². The first kappa shape index (κ1) is 22.4. The van der Waals surface area contributed by atoms with Crippen LogP contribution in [0.25, 0.3) is 5.76 Å². The highest BCUT2D eigenvalue weighted by Gasteiger charge is 2.46. The summed E-state index contributed by atoms with van der Waals surface area (Å²) in [6.45, 7) is -0.0278. The third kappa shape index (κ3) is 4.58. The van der Waals surface area contributed by atoms with Gasteiger partial charge in [0.2, 0.25) is 0 Å². The number of rotatable bonds is 8. The molecule has 31 heavy (non-hydrogen) atoms. The number of aliphatic hydroxyl groups is 2. The number of ketones is 1. The number of hydrogen-bond donors (Lipinski definition) is 2. The molecule has 2 aromatic rings. The third-order valence-corrected chi connectivity index (χ3v) is 5.15. The second-order valence-corrected chi connectivity index (χ2v) is 7.06. The van der Waals surface area contributed by atoms with Crippen LogP contribution in [0.4, 0.5) is 5.69 Å². The van der Waals surface area contributed by atoms with Crippen molar-refractivity contribution in [3.8, 4) is 0 Å². The predicted molar refractivity (Wildman–Crippen MR) is 111 cm³/mol. The lowest BCUT2D eigenvalue weighted by Gasteiger charge is -2.26. The minimum atomic E-state index is -0.971. The molecule has 1 aliphatic heterocycles. The van der Waals surface area contributed by atoms with Crippen LogP contribution in [-0.4, -0.2) is 58.1 Å². The lowest BCUT2D eigenvalue weighted by atomic mass is 9.95. The molecule has 0 aromatic heterocycles. The minimum Gasteiger partial charge on any atom is -0.507 e. The number of amides is 1. The highest BCUT2D eigenvalue weighted by Crippen LogP contribution is 2.41. The van der Waals surface area contributed by atoms with Crippen molar-refractivity contribution in [1.29, 1.82) is 0 Å². The van der Waals surface area contributed by atoms with E-state index in [1.54, 1.807) is 24.3 Å². The number of nitrogens with zero attached hydrogens (tertiary/aromatic N) is 2. The number of benzene rings is 2. The highest BCUT2D eigenvalue weighted by molar-refractivity contribution is 6.47. The fraction of sp³-hybridized carbons (Fsp3) is 0.238. The van der Waals surface area contributed by atoms with Crippen LogP contribution < -0.4 is 0 Å². The van der Waals surface area contributed by atoms with E-state index in [4.69, 9.17) is 21.4 Å². The molecule has 2 N–H and O–H groups in total. The largest absolute Gasteiger partial charge is 0.507 e. The van der Waals surface area contributed by atoms with Gasteiger partial charge in [-0.05, 0) is 23.8 Å². The quantitative estimate of drug-likeness (QED) is 0.159. The molecule has 0 spiro atoms. The van der Waals surface area contributed by atoms with Gasteiger partial charge < -0.3 is 19.8 Å². The maximum Gasteiger partial charge on any atom is 0.295 e. The van der Waals surface area contributed by atoms with Crippen LogP contribution in [0.3, 0.4) is 0 Å². The topological polar surface area (TPSA) is 130 Å². The second-order valence-electron chi connectivity index (χ2n) is 6.65. The summed E-state index contributed by atoms with van der Waals surface area (Å²) in [5.41, 5.74) is 0.237. The Morgan fingerprint density at radius 3 is 2.42 bits per heavy atom. The molecule has 1 aliphatic rings. The zero-order valence-electron chi connectivity index (χ0n) is 16.2. The van der Waals surface area contributed by atoms with E-state index in [2.05, 4.69) is 0 Å². The summed E-state index contributed by atoms with van der Waals surface area (Å²) in [7, 11) is 0. The van der Waals surface area contributed by atoms with Gasteiger partial charge in [-0.1, -0.05) is 29.8 Å². The SMILES string of the molecule is O=C1C(=O)N(CCOCCO)[C@@H](c2ccccc2Cl)C1=C(O)c1ccc([N+](=O)[O-])cc1. The van der Waals surface area contributed by atoms with Crippen LogP contribution >= 0.6 is 11.6 Å². The van der Waals surface area contributed by atoms with E-state index in [1.807, 2.05) is 0 Å². The van der Waals surface area contributed by atoms with Crippen molar-refractivity contribution in [1.82, 2.24) is 4.90 Å². The molecule has 0 aliphatic carbocycles. The van der Waals surface area contributed by atoms with Crippen molar-refractivity contribution in [2.24, 2.45) is 0 Å². The Kier molecular flexibility index (Phi) is 7.01. The first-order chi connectivity index (χ1) is 14.9. The highest BCUT2D eigenvalue weighted by atomic mass is 35.5. The smallest absolute Gasteiger partial charge is 0.295 e. The average Bonchev–Trinajstić information content (AvgIpc) is 3.01. The molecule has 3 rings (SSSR count). The molecule has 2 aromatic carbocycles. The molecule has 9 nitrogen and oxygen atoms in total. The number of nitro benzene ring substituents is 1. The average molecular weight is 447 g/mol. The normalized spacial score (nSPS) is 17.9. The Bertz CT molecular complexity index is 1040. The van der Waals surface area contributed by atoms with E-state index in [-0.39, 0.29) is 43.2 Å². The van der Waals surface area contributed by atoms with Crippen molar-refractivity contribution in [3.05, 3.63) is 80.4 Å². The lowest BCUT2D eigenvalue weighted by molar-refractivity contribution is -0.384. The number of aliphatic hydroxyl groups excluding tert-OH is 2. The number of Topliss-reactive ketones (excluding diaryl/α,β-unsaturated/α-hetero) is 1. The summed E-state index contributed by atoms with van der Waals surface area (Å²) < 4.78 is 5.23. The number of ether oxygens (including phenoxy) is 1. The number of carbonyl (C=O) groups excluding carboxylic acids is 2. The zero-order chi connectivity index (χ0) is 22.5. The summed E-state index contributed by atoms with van der Waals surface area (Å²) in [5, 5.41) is 30.9. The van der Waals surface area contributed by atoms with Crippen molar-refractivity contribution in [2.75, 3.05) is 26.4 Å². The minimum absolute atomic E-state index is 0.0253. The van der Waals surface area contributed by atoms with Crippen LogP contribution in [-0.2, 0) is 14.3 Å². The van der Waals surface area contributed by atoms with Crippen LogP contribution in [0, 0.1) is 10.1 Å². The standard InChI is InChI=1S/C21H19ClN2O7/c22-16-4-2-1-3-15(16)18-17(19(26)13-5-7-14(8-6-13)24(29)30)20(27)21(28)23(18)9-11-31-12-10-25/h1-8,18,25-26H,9-12H2/t18-/m0/s1. The lowest BCUT2D eigenvalue weighted by Crippen LogP contribution is -2.33. The Morgan fingerprint density at radius 1 is 1.13 bits per heavy atom. The molecule has 1 saturated heterocycles. The van der Waals surface area contributed by atoms with E-state index < -0.39 is 28.4 Å². The monoisotopic (exact) mass is 446 g/mol.